The molecule has 0 unspecified atom stereocenters. The Hall–Kier alpha value is -1.39. The highest BCUT2D eigenvalue weighted by molar-refractivity contribution is 6.01. The summed E-state index contributed by atoms with van der Waals surface area (Å²) in [4.78, 5) is 13.3. The smallest absolute Gasteiger partial charge is 0.231 e. The van der Waals surface area contributed by atoms with Crippen molar-refractivity contribution in [2.24, 2.45) is 0 Å². The van der Waals surface area contributed by atoms with Crippen LogP contribution >= 0.6 is 0 Å². The van der Waals surface area contributed by atoms with Crippen LogP contribution in [0.25, 0.3) is 0 Å². The molecule has 1 aliphatic rings. The molecule has 1 aromatic carbocycles. The lowest BCUT2D eigenvalue weighted by Gasteiger charge is -2.15. The number of rotatable bonds is 4. The molecule has 4 heteroatoms. The minimum Gasteiger partial charge on any atom is -0.395 e. The minimum atomic E-state index is 0.00342. The molecule has 4 nitrogen and oxygen atoms in total. The van der Waals surface area contributed by atoms with Gasteiger partial charge in [-0.15, -0.1) is 0 Å². The van der Waals surface area contributed by atoms with Crippen LogP contribution in [-0.2, 0) is 17.8 Å². The van der Waals surface area contributed by atoms with Gasteiger partial charge in [0.2, 0.25) is 5.91 Å². The summed E-state index contributed by atoms with van der Waals surface area (Å²) in [5.74, 6) is 0.0747. The van der Waals surface area contributed by atoms with E-state index in [0.717, 1.165) is 17.8 Å². The maximum Gasteiger partial charge on any atom is 0.231 e. The molecule has 86 valence electrons. The van der Waals surface area contributed by atoms with Gasteiger partial charge >= 0.3 is 0 Å². The second-order valence-corrected chi connectivity index (χ2v) is 3.94. The molecule has 0 saturated heterocycles. The molecule has 0 bridgehead atoms. The zero-order valence-electron chi connectivity index (χ0n) is 9.36. The summed E-state index contributed by atoms with van der Waals surface area (Å²) < 4.78 is 0. The molecule has 2 N–H and O–H groups in total. The van der Waals surface area contributed by atoms with E-state index in [1.807, 2.05) is 19.2 Å². The number of fused-ring (bicyclic) bond motifs is 1. The standard InChI is InChI=1S/C12H16N2O2/c1-13-8-9-2-3-11-10(6-9)7-12(16)14(11)4-5-15/h2-3,6,13,15H,4-5,7-8H2,1H3. The zero-order valence-corrected chi connectivity index (χ0v) is 9.36. The molecule has 0 fully saturated rings. The summed E-state index contributed by atoms with van der Waals surface area (Å²) in [5, 5.41) is 12.0. The van der Waals surface area contributed by atoms with Crippen molar-refractivity contribution in [3.63, 3.8) is 0 Å². The van der Waals surface area contributed by atoms with Crippen LogP contribution in [0.2, 0.25) is 0 Å². The Balaban J connectivity index is 2.27. The summed E-state index contributed by atoms with van der Waals surface area (Å²) in [6.07, 6.45) is 0.451. The van der Waals surface area contributed by atoms with Gasteiger partial charge in [0.05, 0.1) is 13.0 Å². The minimum absolute atomic E-state index is 0.00342. The summed E-state index contributed by atoms with van der Waals surface area (Å²) >= 11 is 0. The Labute approximate surface area is 94.9 Å². The van der Waals surface area contributed by atoms with Gasteiger partial charge in [0.15, 0.2) is 0 Å². The average Bonchev–Trinajstić information content (AvgIpc) is 2.56. The zero-order chi connectivity index (χ0) is 11.5. The van der Waals surface area contributed by atoms with E-state index >= 15 is 0 Å². The molecule has 1 heterocycles. The van der Waals surface area contributed by atoms with Crippen LogP contribution in [-0.4, -0.2) is 31.2 Å². The van der Waals surface area contributed by atoms with Crippen molar-refractivity contribution in [2.75, 3.05) is 25.1 Å². The summed E-state index contributed by atoms with van der Waals surface area (Å²) in [7, 11) is 1.90. The van der Waals surface area contributed by atoms with Crippen LogP contribution in [0.15, 0.2) is 18.2 Å². The van der Waals surface area contributed by atoms with Crippen molar-refractivity contribution in [1.82, 2.24) is 5.32 Å². The number of amides is 1. The van der Waals surface area contributed by atoms with Gasteiger partial charge in [-0.1, -0.05) is 12.1 Å². The average molecular weight is 220 g/mol. The molecule has 0 aromatic heterocycles. The molecule has 1 aromatic rings. The highest BCUT2D eigenvalue weighted by Crippen LogP contribution is 2.29. The summed E-state index contributed by atoms with van der Waals surface area (Å²) in [6.45, 7) is 1.20. The first-order valence-electron chi connectivity index (χ1n) is 5.44. The Morgan fingerprint density at radius 3 is 3.00 bits per heavy atom. The Morgan fingerprint density at radius 1 is 1.50 bits per heavy atom. The van der Waals surface area contributed by atoms with Gasteiger partial charge in [0.25, 0.3) is 0 Å². The fourth-order valence-electron chi connectivity index (χ4n) is 2.10. The largest absolute Gasteiger partial charge is 0.395 e. The molecular weight excluding hydrogens is 204 g/mol. The number of aliphatic hydroxyl groups is 1. The molecule has 1 aliphatic heterocycles. The van der Waals surface area contributed by atoms with Gasteiger partial charge in [-0.2, -0.15) is 0 Å². The highest BCUT2D eigenvalue weighted by atomic mass is 16.3. The lowest BCUT2D eigenvalue weighted by Crippen LogP contribution is -2.29. The fourth-order valence-corrected chi connectivity index (χ4v) is 2.10. The molecule has 0 atom stereocenters. The molecule has 0 spiro atoms. The van der Waals surface area contributed by atoms with Crippen LogP contribution in [0.1, 0.15) is 11.1 Å². The first-order chi connectivity index (χ1) is 7.76. The molecule has 2 rings (SSSR count). The summed E-state index contributed by atoms with van der Waals surface area (Å²) in [5.41, 5.74) is 3.19. The van der Waals surface area contributed by atoms with Gasteiger partial charge in [-0.3, -0.25) is 4.79 Å². The SMILES string of the molecule is CNCc1ccc2c(c1)CC(=O)N2CCO. The molecule has 0 aliphatic carbocycles. The van der Waals surface area contributed by atoms with Gasteiger partial charge in [-0.25, -0.2) is 0 Å². The first kappa shape index (κ1) is 11.1. The van der Waals surface area contributed by atoms with Crippen molar-refractivity contribution in [3.8, 4) is 0 Å². The topological polar surface area (TPSA) is 52.6 Å². The van der Waals surface area contributed by atoms with E-state index < -0.39 is 0 Å². The van der Waals surface area contributed by atoms with Crippen LogP contribution in [0.4, 0.5) is 5.69 Å². The normalized spacial score (nSPS) is 14.4. The van der Waals surface area contributed by atoms with Crippen LogP contribution in [0, 0.1) is 0 Å². The van der Waals surface area contributed by atoms with E-state index in [1.165, 1.54) is 5.56 Å². The number of benzene rings is 1. The Kier molecular flexibility index (Phi) is 3.22. The van der Waals surface area contributed by atoms with E-state index in [4.69, 9.17) is 5.11 Å². The van der Waals surface area contributed by atoms with Crippen molar-refractivity contribution >= 4 is 11.6 Å². The third kappa shape index (κ3) is 1.94. The monoisotopic (exact) mass is 220 g/mol. The number of β-amino-alcohol motifs (C(OH)–C–C–N with tert-alkyl or cyclic N) is 1. The van der Waals surface area contributed by atoms with E-state index in [2.05, 4.69) is 11.4 Å². The maximum absolute atomic E-state index is 11.7. The van der Waals surface area contributed by atoms with Crippen LogP contribution < -0.4 is 10.2 Å². The van der Waals surface area contributed by atoms with Crippen molar-refractivity contribution in [2.45, 2.75) is 13.0 Å². The highest BCUT2D eigenvalue weighted by Gasteiger charge is 2.26. The second kappa shape index (κ2) is 4.63. The Bertz CT molecular complexity index is 404. The lowest BCUT2D eigenvalue weighted by atomic mass is 10.1. The number of nitrogens with zero attached hydrogens (tertiary/aromatic N) is 1. The quantitative estimate of drug-likeness (QED) is 0.766. The Morgan fingerprint density at radius 2 is 2.31 bits per heavy atom. The van der Waals surface area contributed by atoms with Gasteiger partial charge in [0, 0.05) is 18.8 Å². The molecule has 0 radical (unpaired) electrons. The predicted octanol–water partition coefficient (Wildman–Crippen LogP) is 0.287. The predicted molar refractivity (Wildman–Crippen MR) is 62.3 cm³/mol. The van der Waals surface area contributed by atoms with Crippen molar-refractivity contribution in [1.29, 1.82) is 0 Å². The van der Waals surface area contributed by atoms with Gasteiger partial charge < -0.3 is 15.3 Å². The third-order valence-corrected chi connectivity index (χ3v) is 2.78. The number of anilines is 1. The van der Waals surface area contributed by atoms with E-state index in [-0.39, 0.29) is 12.5 Å². The van der Waals surface area contributed by atoms with Crippen molar-refractivity contribution < 1.29 is 9.90 Å². The maximum atomic E-state index is 11.7. The molecule has 16 heavy (non-hydrogen) atoms. The number of nitrogens with one attached hydrogen (secondary N) is 1. The van der Waals surface area contributed by atoms with Crippen molar-refractivity contribution in [3.05, 3.63) is 29.3 Å². The van der Waals surface area contributed by atoms with Gasteiger partial charge in [-0.05, 0) is 24.2 Å². The molecular formula is C12H16N2O2. The number of carbonyl (C=O) groups excluding carboxylic acids is 1. The number of aliphatic hydroxyl groups excluding tert-OH is 1. The van der Waals surface area contributed by atoms with Crippen LogP contribution in [0.3, 0.4) is 0 Å². The van der Waals surface area contributed by atoms with E-state index in [1.54, 1.807) is 4.90 Å². The number of hydrogen-bond donors (Lipinski definition) is 2. The van der Waals surface area contributed by atoms with E-state index in [0.29, 0.717) is 13.0 Å². The lowest BCUT2D eigenvalue weighted by molar-refractivity contribution is -0.117. The van der Waals surface area contributed by atoms with Gasteiger partial charge in [0.1, 0.15) is 0 Å². The summed E-state index contributed by atoms with van der Waals surface area (Å²) in [6, 6.07) is 6.03. The van der Waals surface area contributed by atoms with E-state index in [9.17, 15) is 4.79 Å². The first-order valence-corrected chi connectivity index (χ1v) is 5.44. The number of hydrogen-bond acceptors (Lipinski definition) is 3. The van der Waals surface area contributed by atoms with Crippen LogP contribution in [0.5, 0.6) is 0 Å². The third-order valence-electron chi connectivity index (χ3n) is 2.78. The molecule has 0 saturated carbocycles. The number of carbonyl (C=O) groups is 1. The molecule has 1 amide bonds. The second-order valence-electron chi connectivity index (χ2n) is 3.94. The fraction of sp³-hybridized carbons (Fsp3) is 0.417.